The van der Waals surface area contributed by atoms with Crippen molar-refractivity contribution >= 4 is 5.91 Å². The lowest BCUT2D eigenvalue weighted by molar-refractivity contribution is -0.126. The van der Waals surface area contributed by atoms with Crippen molar-refractivity contribution in [3.63, 3.8) is 0 Å². The highest BCUT2D eigenvalue weighted by Gasteiger charge is 2.34. The first-order valence-electron chi connectivity index (χ1n) is 7.83. The Hall–Kier alpha value is -1.39. The van der Waals surface area contributed by atoms with Crippen LogP contribution in [0.5, 0.6) is 0 Å². The molecule has 21 heavy (non-hydrogen) atoms. The molecular weight excluding hydrogens is 264 g/mol. The van der Waals surface area contributed by atoms with E-state index in [9.17, 15) is 4.79 Å². The topological polar surface area (TPSA) is 50.4 Å². The number of ether oxygens (including phenoxy) is 1. The van der Waals surface area contributed by atoms with E-state index in [2.05, 4.69) is 55.7 Å². The fourth-order valence-electron chi connectivity index (χ4n) is 2.77. The minimum atomic E-state index is -0.0931. The van der Waals surface area contributed by atoms with E-state index < -0.39 is 0 Å². The van der Waals surface area contributed by atoms with E-state index in [1.807, 2.05) is 0 Å². The quantitative estimate of drug-likeness (QED) is 0.844. The van der Waals surface area contributed by atoms with Crippen molar-refractivity contribution in [1.29, 1.82) is 0 Å². The summed E-state index contributed by atoms with van der Waals surface area (Å²) in [4.78, 5) is 12.5. The molecule has 2 N–H and O–H groups in total. The number of carbonyl (C=O) groups excluding carboxylic acids is 1. The molecule has 1 aliphatic heterocycles. The molecule has 116 valence electrons. The fraction of sp³-hybridized carbons (Fsp3) is 0.588. The van der Waals surface area contributed by atoms with Gasteiger partial charge < -0.3 is 15.4 Å². The van der Waals surface area contributed by atoms with Crippen LogP contribution in [-0.4, -0.2) is 31.7 Å². The van der Waals surface area contributed by atoms with E-state index in [0.29, 0.717) is 13.2 Å². The highest BCUT2D eigenvalue weighted by molar-refractivity contribution is 5.80. The van der Waals surface area contributed by atoms with Gasteiger partial charge in [-0.05, 0) is 25.5 Å². The smallest absolute Gasteiger partial charge is 0.227 e. The van der Waals surface area contributed by atoms with Gasteiger partial charge in [-0.25, -0.2) is 0 Å². The highest BCUT2D eigenvalue weighted by Crippen LogP contribution is 2.20. The van der Waals surface area contributed by atoms with Crippen LogP contribution in [0.2, 0.25) is 0 Å². The minimum Gasteiger partial charge on any atom is -0.379 e. The van der Waals surface area contributed by atoms with Crippen LogP contribution in [0.25, 0.3) is 0 Å². The highest BCUT2D eigenvalue weighted by atomic mass is 16.5. The molecule has 0 spiro atoms. The van der Waals surface area contributed by atoms with Gasteiger partial charge in [0.25, 0.3) is 0 Å². The third-order valence-electron chi connectivity index (χ3n) is 4.09. The summed E-state index contributed by atoms with van der Waals surface area (Å²) in [5, 5.41) is 6.50. The Morgan fingerprint density at radius 1 is 1.29 bits per heavy atom. The maximum atomic E-state index is 12.5. The number of hydrogen-bond donors (Lipinski definition) is 2. The van der Waals surface area contributed by atoms with Gasteiger partial charge in [-0.15, -0.1) is 0 Å². The molecule has 1 aromatic rings. The average molecular weight is 290 g/mol. The molecule has 1 aromatic carbocycles. The monoisotopic (exact) mass is 290 g/mol. The van der Waals surface area contributed by atoms with Gasteiger partial charge in [-0.3, -0.25) is 4.79 Å². The summed E-state index contributed by atoms with van der Waals surface area (Å²) >= 11 is 0. The lowest BCUT2D eigenvalue weighted by atomic mass is 9.99. The number of nitrogens with one attached hydrogen (secondary N) is 2. The van der Waals surface area contributed by atoms with Crippen molar-refractivity contribution in [2.75, 3.05) is 19.8 Å². The van der Waals surface area contributed by atoms with Crippen LogP contribution in [0.4, 0.5) is 0 Å². The number of hydrogen-bond acceptors (Lipinski definition) is 3. The molecule has 1 amide bonds. The van der Waals surface area contributed by atoms with Crippen molar-refractivity contribution in [3.8, 4) is 0 Å². The molecule has 3 atom stereocenters. The summed E-state index contributed by atoms with van der Waals surface area (Å²) in [6, 6.07) is 8.56. The van der Waals surface area contributed by atoms with Crippen molar-refractivity contribution in [3.05, 3.63) is 35.4 Å². The lowest BCUT2D eigenvalue weighted by Crippen LogP contribution is -2.44. The SMILES string of the molecule is CCNC1COCC1C(=O)NC(CC)c1ccc(C)cc1. The molecule has 1 saturated heterocycles. The first-order valence-corrected chi connectivity index (χ1v) is 7.83. The van der Waals surface area contributed by atoms with Crippen molar-refractivity contribution in [2.45, 2.75) is 39.3 Å². The van der Waals surface area contributed by atoms with E-state index in [4.69, 9.17) is 4.74 Å². The van der Waals surface area contributed by atoms with Gasteiger partial charge in [-0.2, -0.15) is 0 Å². The Balaban J connectivity index is 2.00. The molecule has 2 rings (SSSR count). The molecule has 0 aliphatic carbocycles. The van der Waals surface area contributed by atoms with Crippen LogP contribution in [0.1, 0.15) is 37.4 Å². The van der Waals surface area contributed by atoms with Crippen LogP contribution in [0.15, 0.2) is 24.3 Å². The average Bonchev–Trinajstić information content (AvgIpc) is 2.94. The first kappa shape index (κ1) is 16.0. The van der Waals surface area contributed by atoms with E-state index in [-0.39, 0.29) is 23.9 Å². The van der Waals surface area contributed by atoms with Crippen molar-refractivity contribution in [2.24, 2.45) is 5.92 Å². The second-order valence-electron chi connectivity index (χ2n) is 5.69. The summed E-state index contributed by atoms with van der Waals surface area (Å²) < 4.78 is 5.46. The van der Waals surface area contributed by atoms with Crippen LogP contribution in [0.3, 0.4) is 0 Å². The molecular formula is C17H26N2O2. The van der Waals surface area contributed by atoms with Gasteiger partial charge in [0.2, 0.25) is 5.91 Å². The van der Waals surface area contributed by atoms with E-state index >= 15 is 0 Å². The van der Waals surface area contributed by atoms with Crippen molar-refractivity contribution < 1.29 is 9.53 Å². The number of carbonyl (C=O) groups is 1. The van der Waals surface area contributed by atoms with Gasteiger partial charge in [-0.1, -0.05) is 43.7 Å². The molecule has 0 radical (unpaired) electrons. The zero-order valence-corrected chi connectivity index (χ0v) is 13.2. The third kappa shape index (κ3) is 4.05. The maximum absolute atomic E-state index is 12.5. The molecule has 4 nitrogen and oxygen atoms in total. The van der Waals surface area contributed by atoms with Gasteiger partial charge in [0.05, 0.1) is 25.2 Å². The van der Waals surface area contributed by atoms with E-state index in [1.54, 1.807) is 0 Å². The number of likely N-dealkylation sites (N-methyl/N-ethyl adjacent to an activating group) is 1. The zero-order chi connectivity index (χ0) is 15.2. The molecule has 1 aliphatic rings. The summed E-state index contributed by atoms with van der Waals surface area (Å²) in [6.07, 6.45) is 0.883. The number of rotatable bonds is 6. The number of aryl methyl sites for hydroxylation is 1. The first-order chi connectivity index (χ1) is 10.2. The number of benzene rings is 1. The van der Waals surface area contributed by atoms with Gasteiger partial charge in [0, 0.05) is 6.04 Å². The van der Waals surface area contributed by atoms with Crippen LogP contribution < -0.4 is 10.6 Å². The normalized spacial score (nSPS) is 23.0. The second-order valence-corrected chi connectivity index (χ2v) is 5.69. The molecule has 0 saturated carbocycles. The molecule has 3 unspecified atom stereocenters. The molecule has 1 heterocycles. The summed E-state index contributed by atoms with van der Waals surface area (Å²) in [5.74, 6) is -0.00433. The summed E-state index contributed by atoms with van der Waals surface area (Å²) in [6.45, 7) is 8.19. The summed E-state index contributed by atoms with van der Waals surface area (Å²) in [5.41, 5.74) is 2.40. The molecule has 4 heteroatoms. The van der Waals surface area contributed by atoms with E-state index in [1.165, 1.54) is 5.56 Å². The Bertz CT molecular complexity index is 458. The van der Waals surface area contributed by atoms with Crippen LogP contribution in [0, 0.1) is 12.8 Å². The largest absolute Gasteiger partial charge is 0.379 e. The Kier molecular flexibility index (Phi) is 5.76. The number of amides is 1. The van der Waals surface area contributed by atoms with Gasteiger partial charge in [0.1, 0.15) is 0 Å². The van der Waals surface area contributed by atoms with Gasteiger partial charge >= 0.3 is 0 Å². The van der Waals surface area contributed by atoms with Crippen LogP contribution in [-0.2, 0) is 9.53 Å². The van der Waals surface area contributed by atoms with Gasteiger partial charge in [0.15, 0.2) is 0 Å². The maximum Gasteiger partial charge on any atom is 0.227 e. The third-order valence-corrected chi connectivity index (χ3v) is 4.09. The lowest BCUT2D eigenvalue weighted by Gasteiger charge is -2.23. The summed E-state index contributed by atoms with van der Waals surface area (Å²) in [7, 11) is 0. The molecule has 1 fully saturated rings. The Morgan fingerprint density at radius 3 is 2.62 bits per heavy atom. The predicted octanol–water partition coefficient (Wildman–Crippen LogP) is 2.19. The Labute approximate surface area is 127 Å². The molecule has 0 bridgehead atoms. The van der Waals surface area contributed by atoms with Crippen molar-refractivity contribution in [1.82, 2.24) is 10.6 Å². The van der Waals surface area contributed by atoms with Crippen LogP contribution >= 0.6 is 0 Å². The van der Waals surface area contributed by atoms with E-state index in [0.717, 1.165) is 18.5 Å². The Morgan fingerprint density at radius 2 is 2.00 bits per heavy atom. The second kappa shape index (κ2) is 7.57. The minimum absolute atomic E-state index is 0.0703. The zero-order valence-electron chi connectivity index (χ0n) is 13.2. The molecule has 0 aromatic heterocycles. The predicted molar refractivity (Wildman–Crippen MR) is 84.1 cm³/mol. The fourth-order valence-corrected chi connectivity index (χ4v) is 2.77. The standard InChI is InChI=1S/C17H26N2O2/c1-4-15(13-8-6-12(3)7-9-13)19-17(20)14-10-21-11-16(14)18-5-2/h6-9,14-16,18H,4-5,10-11H2,1-3H3,(H,19,20).